The zero-order valence-corrected chi connectivity index (χ0v) is 15.9. The molecule has 3 aliphatic rings. The van der Waals surface area contributed by atoms with E-state index in [-0.39, 0.29) is 11.5 Å². The second-order valence-corrected chi connectivity index (χ2v) is 9.12. The van der Waals surface area contributed by atoms with Crippen molar-refractivity contribution in [2.45, 2.75) is 91.1 Å². The lowest BCUT2D eigenvalue weighted by atomic mass is 9.55. The molecule has 3 unspecified atom stereocenters. The summed E-state index contributed by atoms with van der Waals surface area (Å²) in [7, 11) is 0. The summed E-state index contributed by atoms with van der Waals surface area (Å²) in [6, 6.07) is 0. The van der Waals surface area contributed by atoms with Gasteiger partial charge >= 0.3 is 0 Å². The monoisotopic (exact) mass is 332 g/mol. The van der Waals surface area contributed by atoms with E-state index in [1.54, 1.807) is 6.92 Å². The molecule has 1 N–H and O–H groups in total. The van der Waals surface area contributed by atoms with Crippen molar-refractivity contribution in [1.29, 1.82) is 0 Å². The van der Waals surface area contributed by atoms with Gasteiger partial charge in [-0.25, -0.2) is 0 Å². The summed E-state index contributed by atoms with van der Waals surface area (Å²) >= 11 is 0. The summed E-state index contributed by atoms with van der Waals surface area (Å²) in [5, 5.41) is 10.2. The van der Waals surface area contributed by atoms with Gasteiger partial charge in [-0.3, -0.25) is 4.79 Å². The lowest BCUT2D eigenvalue weighted by Crippen LogP contribution is -2.43. The van der Waals surface area contributed by atoms with Crippen LogP contribution in [0.1, 0.15) is 85.0 Å². The van der Waals surface area contributed by atoms with Gasteiger partial charge < -0.3 is 5.11 Å². The molecule has 0 saturated heterocycles. The minimum Gasteiger partial charge on any atom is -0.393 e. The number of unbranched alkanes of at least 4 members (excludes halogenated alkanes) is 1. The number of hydrogen-bond donors (Lipinski definition) is 1. The van der Waals surface area contributed by atoms with Crippen LogP contribution in [0.15, 0.2) is 11.6 Å². The van der Waals surface area contributed by atoms with E-state index in [2.05, 4.69) is 19.9 Å². The Bertz CT molecular complexity index is 494. The molecule has 0 bridgehead atoms. The molecule has 2 saturated carbocycles. The normalized spacial score (nSPS) is 39.8. The number of allylic oxidation sites excluding steroid dienone is 1. The van der Waals surface area contributed by atoms with E-state index in [1.165, 1.54) is 44.1 Å². The molecule has 2 nitrogen and oxygen atoms in total. The van der Waals surface area contributed by atoms with Gasteiger partial charge in [0.05, 0.1) is 6.10 Å². The molecule has 0 spiro atoms. The predicted octanol–water partition coefficient (Wildman–Crippen LogP) is 5.30. The van der Waals surface area contributed by atoms with Gasteiger partial charge in [0.15, 0.2) is 0 Å². The van der Waals surface area contributed by atoms with Crippen LogP contribution in [0.25, 0.3) is 0 Å². The van der Waals surface area contributed by atoms with Gasteiger partial charge in [-0.1, -0.05) is 38.3 Å². The summed E-state index contributed by atoms with van der Waals surface area (Å²) in [5.74, 6) is 3.05. The minimum absolute atomic E-state index is 0.143. The molecule has 0 aromatic carbocycles. The Morgan fingerprint density at radius 1 is 1.38 bits per heavy atom. The smallest absolute Gasteiger partial charge is 0.133 e. The van der Waals surface area contributed by atoms with E-state index in [9.17, 15) is 9.90 Å². The third-order valence-electron chi connectivity index (χ3n) is 7.67. The Morgan fingerprint density at radius 2 is 2.17 bits per heavy atom. The fourth-order valence-corrected chi connectivity index (χ4v) is 6.38. The van der Waals surface area contributed by atoms with Crippen molar-refractivity contribution in [2.75, 3.05) is 0 Å². The molecule has 24 heavy (non-hydrogen) atoms. The Labute approximate surface area is 148 Å². The third kappa shape index (κ3) is 3.36. The highest BCUT2D eigenvalue weighted by Gasteiger charge is 2.55. The van der Waals surface area contributed by atoms with Gasteiger partial charge in [0.25, 0.3) is 0 Å². The average Bonchev–Trinajstić information content (AvgIpc) is 2.90. The number of aliphatic hydroxyl groups excluding tert-OH is 1. The lowest BCUT2D eigenvalue weighted by molar-refractivity contribution is -0.126. The third-order valence-corrected chi connectivity index (χ3v) is 7.67. The van der Waals surface area contributed by atoms with Gasteiger partial charge in [0, 0.05) is 5.92 Å². The molecule has 0 heterocycles. The highest BCUT2D eigenvalue weighted by atomic mass is 16.3. The Balaban J connectivity index is 1.65. The zero-order valence-electron chi connectivity index (χ0n) is 15.9. The van der Waals surface area contributed by atoms with Gasteiger partial charge in [0.1, 0.15) is 5.78 Å². The van der Waals surface area contributed by atoms with Crippen LogP contribution in [0.3, 0.4) is 0 Å². The van der Waals surface area contributed by atoms with E-state index in [1.807, 2.05) is 0 Å². The number of carbonyl (C=O) groups is 1. The summed E-state index contributed by atoms with van der Waals surface area (Å²) in [6.45, 7) is 6.40. The number of hydrogen-bond acceptors (Lipinski definition) is 2. The van der Waals surface area contributed by atoms with E-state index < -0.39 is 0 Å². The van der Waals surface area contributed by atoms with Gasteiger partial charge in [-0.15, -0.1) is 0 Å². The van der Waals surface area contributed by atoms with E-state index in [0.29, 0.717) is 11.7 Å². The molecule has 3 aliphatic carbocycles. The number of ketones is 1. The maximum Gasteiger partial charge on any atom is 0.133 e. The van der Waals surface area contributed by atoms with Crippen LogP contribution in [0.5, 0.6) is 0 Å². The first kappa shape index (κ1) is 18.2. The molecule has 2 fully saturated rings. The molecule has 0 radical (unpaired) electrons. The maximum absolute atomic E-state index is 12.1. The fourth-order valence-electron chi connectivity index (χ4n) is 6.38. The van der Waals surface area contributed by atoms with Crippen molar-refractivity contribution in [3.05, 3.63) is 11.6 Å². The van der Waals surface area contributed by atoms with Crippen LogP contribution in [-0.2, 0) is 4.79 Å². The largest absolute Gasteiger partial charge is 0.393 e. The number of Topliss-reactive ketones (excluding diaryl/α,β-unsaturated/α-hetero) is 1. The molecule has 3 rings (SSSR count). The summed E-state index contributed by atoms with van der Waals surface area (Å²) < 4.78 is 0. The second kappa shape index (κ2) is 7.32. The molecular weight excluding hydrogens is 296 g/mol. The van der Waals surface area contributed by atoms with Crippen molar-refractivity contribution in [1.82, 2.24) is 0 Å². The highest BCUT2D eigenvalue weighted by molar-refractivity contribution is 5.79. The van der Waals surface area contributed by atoms with E-state index in [0.717, 1.165) is 43.4 Å². The lowest BCUT2D eigenvalue weighted by Gasteiger charge is -2.50. The van der Waals surface area contributed by atoms with Gasteiger partial charge in [-0.05, 0) is 81.5 Å². The maximum atomic E-state index is 12.1. The first-order valence-corrected chi connectivity index (χ1v) is 10.3. The highest BCUT2D eigenvalue weighted by Crippen LogP contribution is 2.61. The van der Waals surface area contributed by atoms with Gasteiger partial charge in [-0.2, -0.15) is 0 Å². The van der Waals surface area contributed by atoms with Crippen molar-refractivity contribution >= 4 is 5.78 Å². The summed E-state index contributed by atoms with van der Waals surface area (Å²) in [6.07, 6.45) is 13.7. The van der Waals surface area contributed by atoms with Crippen molar-refractivity contribution in [3.63, 3.8) is 0 Å². The minimum atomic E-state index is -0.143. The first-order valence-electron chi connectivity index (χ1n) is 10.3. The Morgan fingerprint density at radius 3 is 2.88 bits per heavy atom. The van der Waals surface area contributed by atoms with Crippen molar-refractivity contribution in [2.24, 2.45) is 29.1 Å². The second-order valence-electron chi connectivity index (χ2n) is 9.12. The first-order chi connectivity index (χ1) is 11.5. The van der Waals surface area contributed by atoms with Gasteiger partial charge in [0.2, 0.25) is 0 Å². The molecule has 136 valence electrons. The van der Waals surface area contributed by atoms with Crippen LogP contribution in [-0.4, -0.2) is 17.0 Å². The number of aliphatic hydroxyl groups is 1. The molecule has 0 amide bonds. The predicted molar refractivity (Wildman–Crippen MR) is 98.7 cm³/mol. The Hall–Kier alpha value is -0.630. The zero-order chi connectivity index (χ0) is 17.3. The molecular formula is C22H36O2. The number of rotatable bonds is 6. The van der Waals surface area contributed by atoms with Crippen LogP contribution in [0, 0.1) is 29.1 Å². The fraction of sp³-hybridized carbons (Fsp3) is 0.864. The molecule has 2 heteroatoms. The summed E-state index contributed by atoms with van der Waals surface area (Å²) in [4.78, 5) is 12.1. The van der Waals surface area contributed by atoms with Crippen LogP contribution in [0.2, 0.25) is 0 Å². The number of carbonyl (C=O) groups excluding carboxylic acids is 1. The average molecular weight is 333 g/mol. The van der Waals surface area contributed by atoms with Crippen LogP contribution in [0.4, 0.5) is 0 Å². The van der Waals surface area contributed by atoms with Crippen LogP contribution < -0.4 is 0 Å². The van der Waals surface area contributed by atoms with Crippen molar-refractivity contribution in [3.8, 4) is 0 Å². The molecule has 6 atom stereocenters. The summed E-state index contributed by atoms with van der Waals surface area (Å²) in [5.41, 5.74) is 1.77. The topological polar surface area (TPSA) is 37.3 Å². The molecule has 0 aromatic rings. The van der Waals surface area contributed by atoms with E-state index in [4.69, 9.17) is 0 Å². The SMILES string of the molecule is CCCC[C@H](O)CC1=CCC2C(CC[C@@]3(C)C2CC[C@@H]3C(C)=O)C1. The van der Waals surface area contributed by atoms with Crippen molar-refractivity contribution < 1.29 is 9.90 Å². The Kier molecular flexibility index (Phi) is 5.54. The molecule has 0 aromatic heterocycles. The van der Waals surface area contributed by atoms with E-state index >= 15 is 0 Å². The number of fused-ring (bicyclic) bond motifs is 3. The standard InChI is InChI=1S/C22H36O2/c1-4-5-6-18(24)14-16-7-8-19-17(13-16)11-12-22(3)20(15(2)23)9-10-21(19)22/h7,17-21,24H,4-6,8-14H2,1-3H3/t17?,18-,19?,20+,21?,22+/m0/s1. The molecule has 0 aliphatic heterocycles. The quantitative estimate of drug-likeness (QED) is 0.671. The van der Waals surface area contributed by atoms with Crippen LogP contribution >= 0.6 is 0 Å².